The maximum atomic E-state index is 11.8. The van der Waals surface area contributed by atoms with Crippen LogP contribution >= 0.6 is 15.3 Å². The maximum Gasteiger partial charge on any atom is 0.476 e. The Kier molecular flexibility index (Phi) is 5.49. The molecule has 110 valence electrons. The summed E-state index contributed by atoms with van der Waals surface area (Å²) in [5.74, 6) is -0.116. The molecule has 0 bridgehead atoms. The number of rotatable bonds is 5. The summed E-state index contributed by atoms with van der Waals surface area (Å²) in [6.07, 6.45) is -2.36. The molecule has 19 heavy (non-hydrogen) atoms. The Morgan fingerprint density at radius 2 is 1.89 bits per heavy atom. The van der Waals surface area contributed by atoms with Crippen LogP contribution in [-0.2, 0) is 22.7 Å². The van der Waals surface area contributed by atoms with Crippen LogP contribution in [-0.4, -0.2) is 54.6 Å². The summed E-state index contributed by atoms with van der Waals surface area (Å²) in [6, 6.07) is -0.190. The number of hydrogen-bond acceptors (Lipinski definition) is 6. The first kappa shape index (κ1) is 17.4. The van der Waals surface area contributed by atoms with Crippen molar-refractivity contribution in [2.24, 2.45) is 5.92 Å². The summed E-state index contributed by atoms with van der Waals surface area (Å²) in [5.41, 5.74) is 0. The van der Waals surface area contributed by atoms with E-state index in [0.717, 1.165) is 7.57 Å². The van der Waals surface area contributed by atoms with Gasteiger partial charge in [-0.3, -0.25) is 4.57 Å². The van der Waals surface area contributed by atoms with E-state index in [1.165, 1.54) is 6.92 Å². The summed E-state index contributed by atoms with van der Waals surface area (Å²) >= 11 is 0. The van der Waals surface area contributed by atoms with Gasteiger partial charge in [-0.05, 0) is 6.92 Å². The van der Waals surface area contributed by atoms with Gasteiger partial charge >= 0.3 is 7.82 Å². The first-order valence-corrected chi connectivity index (χ1v) is 9.31. The van der Waals surface area contributed by atoms with Crippen LogP contribution in [0.4, 0.5) is 0 Å². The number of aliphatic hydroxyl groups excluding tert-OH is 1. The first-order valence-electron chi connectivity index (χ1n) is 5.79. The van der Waals surface area contributed by atoms with Gasteiger partial charge in [-0.2, -0.15) is 0 Å². The molecule has 0 aromatic rings. The van der Waals surface area contributed by atoms with Gasteiger partial charge in [0.2, 0.25) is 0 Å². The summed E-state index contributed by atoms with van der Waals surface area (Å²) in [5, 5.41) is 9.94. The Labute approximate surface area is 113 Å². The monoisotopic (exact) mass is 314 g/mol. The molecule has 12 heteroatoms. The molecule has 0 aliphatic carbocycles. The molecule has 0 aromatic heterocycles. The van der Waals surface area contributed by atoms with E-state index in [4.69, 9.17) is 19.0 Å². The minimum Gasteiger partial charge on any atom is -0.390 e. The molecule has 1 aliphatic heterocycles. The number of aliphatic hydroxyl groups is 1. The quantitative estimate of drug-likeness (QED) is 0.418. The van der Waals surface area contributed by atoms with Crippen LogP contribution in [0.5, 0.6) is 0 Å². The highest BCUT2D eigenvalue weighted by Crippen LogP contribution is 2.58. The largest absolute Gasteiger partial charge is 0.476 e. The lowest BCUT2D eigenvalue weighted by Gasteiger charge is -2.26. The van der Waals surface area contributed by atoms with E-state index in [-0.39, 0.29) is 11.9 Å². The zero-order valence-corrected chi connectivity index (χ0v) is 13.0. The van der Waals surface area contributed by atoms with Crippen molar-refractivity contribution in [1.82, 2.24) is 0 Å². The van der Waals surface area contributed by atoms with Gasteiger partial charge in [-0.15, -0.1) is 0 Å². The fourth-order valence-electron chi connectivity index (χ4n) is 1.99. The fraction of sp³-hybridized carbons (Fsp3) is 1.00. The third-order valence-corrected chi connectivity index (χ3v) is 5.82. The van der Waals surface area contributed by atoms with E-state index in [0.29, 0.717) is 0 Å². The molecular weight excluding hydrogens is 296 g/mol. The standard InChI is InChI=1S/C7H18B2O8P2/c1-3-5(10)6(15-7(3)8)4(2)16-18(9,11)17-19(12,13)14/h3-7,10H,8-9H2,1-2H3,(H2,12,13,14)/t3-,4?,5+,6-,7-,18?/m1/s1. The van der Waals surface area contributed by atoms with Crippen LogP contribution in [0, 0.1) is 5.92 Å². The van der Waals surface area contributed by atoms with Crippen molar-refractivity contribution >= 4 is 30.7 Å². The molecule has 0 spiro atoms. The molecule has 0 amide bonds. The normalized spacial score (nSPS) is 36.9. The predicted molar refractivity (Wildman–Crippen MR) is 72.2 cm³/mol. The highest BCUT2D eigenvalue weighted by molar-refractivity contribution is 7.83. The van der Waals surface area contributed by atoms with Crippen LogP contribution in [0.3, 0.4) is 0 Å². The summed E-state index contributed by atoms with van der Waals surface area (Å²) < 4.78 is 37.1. The Balaban J connectivity index is 2.67. The minimum absolute atomic E-state index is 0.116. The summed E-state index contributed by atoms with van der Waals surface area (Å²) in [7, 11) is -6.10. The molecule has 6 atom stereocenters. The van der Waals surface area contributed by atoms with Crippen molar-refractivity contribution in [3.63, 3.8) is 0 Å². The molecule has 8 nitrogen and oxygen atoms in total. The SMILES string of the molecule is B[C@@H]1O[C@H](C(C)OP(B)(=O)OP(=O)(O)O)[C@@H](O)[C@H]1C. The second-order valence-electron chi connectivity index (χ2n) is 4.81. The van der Waals surface area contributed by atoms with E-state index in [2.05, 4.69) is 4.31 Å². The van der Waals surface area contributed by atoms with E-state index < -0.39 is 33.6 Å². The van der Waals surface area contributed by atoms with Gasteiger partial charge < -0.3 is 24.2 Å². The predicted octanol–water partition coefficient (Wildman–Crippen LogP) is -1.40. The van der Waals surface area contributed by atoms with E-state index in [9.17, 15) is 14.2 Å². The van der Waals surface area contributed by atoms with Crippen molar-refractivity contribution in [2.45, 2.75) is 38.2 Å². The highest BCUT2D eigenvalue weighted by atomic mass is 31.3. The number of ether oxygens (including phenoxy) is 1. The van der Waals surface area contributed by atoms with Crippen molar-refractivity contribution < 1.29 is 37.6 Å². The van der Waals surface area contributed by atoms with E-state index in [1.807, 2.05) is 0 Å². The van der Waals surface area contributed by atoms with Crippen LogP contribution in [0.2, 0.25) is 0 Å². The van der Waals surface area contributed by atoms with Crippen molar-refractivity contribution in [1.29, 1.82) is 0 Å². The average Bonchev–Trinajstić information content (AvgIpc) is 2.41. The van der Waals surface area contributed by atoms with Gasteiger partial charge in [0, 0.05) is 11.9 Å². The van der Waals surface area contributed by atoms with Crippen molar-refractivity contribution in [3.8, 4) is 0 Å². The molecule has 2 unspecified atom stereocenters. The molecule has 1 saturated heterocycles. The fourth-order valence-corrected chi connectivity index (χ4v) is 4.42. The zero-order valence-electron chi connectivity index (χ0n) is 11.2. The van der Waals surface area contributed by atoms with E-state index >= 15 is 0 Å². The van der Waals surface area contributed by atoms with Crippen LogP contribution in [0.15, 0.2) is 0 Å². The molecular formula is C7H18B2O8P2. The summed E-state index contributed by atoms with van der Waals surface area (Å²) in [4.78, 5) is 17.2. The molecule has 0 saturated carbocycles. The molecule has 0 radical (unpaired) electrons. The lowest BCUT2D eigenvalue weighted by atomic mass is 9.86. The lowest BCUT2D eigenvalue weighted by Crippen LogP contribution is -2.35. The van der Waals surface area contributed by atoms with Gasteiger partial charge in [0.25, 0.3) is 15.0 Å². The Morgan fingerprint density at radius 3 is 2.26 bits per heavy atom. The molecule has 3 N–H and O–H groups in total. The van der Waals surface area contributed by atoms with Gasteiger partial charge in [0.1, 0.15) is 14.0 Å². The molecule has 0 aromatic carbocycles. The minimum atomic E-state index is -4.91. The van der Waals surface area contributed by atoms with Gasteiger partial charge in [-0.1, -0.05) is 6.92 Å². The van der Waals surface area contributed by atoms with Crippen LogP contribution in [0.25, 0.3) is 0 Å². The Bertz CT molecular complexity index is 414. The second-order valence-corrected chi connectivity index (χ2v) is 8.20. The summed E-state index contributed by atoms with van der Waals surface area (Å²) in [6.45, 7) is 3.30. The molecule has 1 heterocycles. The Morgan fingerprint density at radius 1 is 1.37 bits per heavy atom. The smallest absolute Gasteiger partial charge is 0.390 e. The van der Waals surface area contributed by atoms with Crippen LogP contribution < -0.4 is 0 Å². The third-order valence-electron chi connectivity index (χ3n) is 3.06. The zero-order chi connectivity index (χ0) is 15.0. The van der Waals surface area contributed by atoms with Crippen molar-refractivity contribution in [2.75, 3.05) is 0 Å². The Hall–Kier alpha value is 0.350. The van der Waals surface area contributed by atoms with Crippen LogP contribution in [0.1, 0.15) is 13.8 Å². The third kappa shape index (κ3) is 4.99. The van der Waals surface area contributed by atoms with Gasteiger partial charge in [-0.25, -0.2) is 8.88 Å². The van der Waals surface area contributed by atoms with Gasteiger partial charge in [0.05, 0.1) is 12.2 Å². The van der Waals surface area contributed by atoms with Crippen molar-refractivity contribution in [3.05, 3.63) is 0 Å². The topological polar surface area (TPSA) is 123 Å². The van der Waals surface area contributed by atoms with E-state index in [1.54, 1.807) is 14.8 Å². The van der Waals surface area contributed by atoms with Gasteiger partial charge in [0.15, 0.2) is 0 Å². The molecule has 1 aliphatic rings. The average molecular weight is 314 g/mol. The highest BCUT2D eigenvalue weighted by Gasteiger charge is 2.43. The number of hydrogen-bond donors (Lipinski definition) is 3. The maximum absolute atomic E-state index is 11.8. The lowest BCUT2D eigenvalue weighted by molar-refractivity contribution is -0.0361. The number of phosphoric acid groups is 1. The second kappa shape index (κ2) is 6.00. The first-order chi connectivity index (χ1) is 8.43. The molecule has 1 rings (SSSR count). The molecule has 1 fully saturated rings.